The summed E-state index contributed by atoms with van der Waals surface area (Å²) in [5.41, 5.74) is 1.20. The number of likely N-dealkylation sites (tertiary alicyclic amines) is 1. The third kappa shape index (κ3) is 4.30. The van der Waals surface area contributed by atoms with Crippen LogP contribution in [0.3, 0.4) is 0 Å². The van der Waals surface area contributed by atoms with Gasteiger partial charge in [0.15, 0.2) is 6.10 Å². The molecule has 1 atom stereocenters. The van der Waals surface area contributed by atoms with Gasteiger partial charge in [0, 0.05) is 19.3 Å². The Labute approximate surface area is 158 Å². The van der Waals surface area contributed by atoms with E-state index in [0.29, 0.717) is 19.5 Å². The molecule has 1 saturated heterocycles. The van der Waals surface area contributed by atoms with Gasteiger partial charge in [0.1, 0.15) is 5.75 Å². The Hall–Kier alpha value is -2.83. The SMILES string of the molecule is CCC(Oc1ccccc1C)C(=O)N1CCC(n2cc(C(=O)O)cn2)CC1. The number of para-hydroxylation sites is 1. The monoisotopic (exact) mass is 371 g/mol. The van der Waals surface area contributed by atoms with Gasteiger partial charge in [-0.05, 0) is 37.8 Å². The highest BCUT2D eigenvalue weighted by Gasteiger charge is 2.29. The summed E-state index contributed by atoms with van der Waals surface area (Å²) in [5.74, 6) is -0.232. The Morgan fingerprint density at radius 2 is 2.00 bits per heavy atom. The van der Waals surface area contributed by atoms with Crippen LogP contribution in [0, 0.1) is 6.92 Å². The molecule has 1 fully saturated rings. The maximum absolute atomic E-state index is 12.9. The van der Waals surface area contributed by atoms with Gasteiger partial charge in [0.25, 0.3) is 5.91 Å². The maximum atomic E-state index is 12.9. The first-order chi connectivity index (χ1) is 13.0. The number of carbonyl (C=O) groups is 2. The van der Waals surface area contributed by atoms with Gasteiger partial charge in [-0.1, -0.05) is 25.1 Å². The molecule has 3 rings (SSSR count). The molecule has 2 heterocycles. The second kappa shape index (κ2) is 8.24. The minimum Gasteiger partial charge on any atom is -0.480 e. The van der Waals surface area contributed by atoms with Gasteiger partial charge in [-0.3, -0.25) is 9.48 Å². The molecule has 0 spiro atoms. The molecule has 7 heteroatoms. The Morgan fingerprint density at radius 3 is 2.59 bits per heavy atom. The normalized spacial score (nSPS) is 16.1. The summed E-state index contributed by atoms with van der Waals surface area (Å²) < 4.78 is 7.68. The van der Waals surface area contributed by atoms with E-state index in [4.69, 9.17) is 9.84 Å². The first-order valence-corrected chi connectivity index (χ1v) is 9.28. The summed E-state index contributed by atoms with van der Waals surface area (Å²) in [5, 5.41) is 13.2. The predicted molar refractivity (Wildman–Crippen MR) is 99.9 cm³/mol. The largest absolute Gasteiger partial charge is 0.480 e. The molecule has 0 saturated carbocycles. The number of aromatic carboxylic acids is 1. The first kappa shape index (κ1) is 18.9. The van der Waals surface area contributed by atoms with E-state index in [1.54, 1.807) is 10.9 Å². The average molecular weight is 371 g/mol. The smallest absolute Gasteiger partial charge is 0.338 e. The van der Waals surface area contributed by atoms with Gasteiger partial charge in [0.05, 0.1) is 17.8 Å². The fourth-order valence-corrected chi connectivity index (χ4v) is 3.35. The van der Waals surface area contributed by atoms with Crippen molar-refractivity contribution in [3.63, 3.8) is 0 Å². The van der Waals surface area contributed by atoms with E-state index in [0.717, 1.165) is 24.2 Å². The molecule has 0 aliphatic carbocycles. The number of hydrogen-bond acceptors (Lipinski definition) is 4. The number of aromatic nitrogens is 2. The van der Waals surface area contributed by atoms with Gasteiger partial charge < -0.3 is 14.7 Å². The summed E-state index contributed by atoms with van der Waals surface area (Å²) >= 11 is 0. The molecular formula is C20H25N3O4. The van der Waals surface area contributed by atoms with Crippen LogP contribution in [0.5, 0.6) is 5.75 Å². The molecule has 1 aromatic carbocycles. The van der Waals surface area contributed by atoms with Gasteiger partial charge in [0.2, 0.25) is 0 Å². The Bertz CT molecular complexity index is 809. The van der Waals surface area contributed by atoms with Crippen LogP contribution in [-0.2, 0) is 4.79 Å². The van der Waals surface area contributed by atoms with Gasteiger partial charge in [-0.25, -0.2) is 4.79 Å². The quantitative estimate of drug-likeness (QED) is 0.844. The van der Waals surface area contributed by atoms with E-state index >= 15 is 0 Å². The molecule has 144 valence electrons. The topological polar surface area (TPSA) is 84.7 Å². The lowest BCUT2D eigenvalue weighted by Crippen LogP contribution is -2.46. The van der Waals surface area contributed by atoms with Crippen LogP contribution < -0.4 is 4.74 Å². The average Bonchev–Trinajstić information content (AvgIpc) is 3.17. The summed E-state index contributed by atoms with van der Waals surface area (Å²) in [4.78, 5) is 25.7. The van der Waals surface area contributed by atoms with Crippen molar-refractivity contribution in [2.24, 2.45) is 0 Å². The molecule has 1 aromatic heterocycles. The highest BCUT2D eigenvalue weighted by molar-refractivity contribution is 5.86. The molecule has 1 unspecified atom stereocenters. The zero-order valence-corrected chi connectivity index (χ0v) is 15.7. The number of rotatable bonds is 6. The molecule has 7 nitrogen and oxygen atoms in total. The van der Waals surface area contributed by atoms with Crippen LogP contribution in [0.2, 0.25) is 0 Å². The summed E-state index contributed by atoms with van der Waals surface area (Å²) in [6.45, 7) is 5.14. The van der Waals surface area contributed by atoms with E-state index in [2.05, 4.69) is 5.10 Å². The number of aryl methyl sites for hydroxylation is 1. The lowest BCUT2D eigenvalue weighted by molar-refractivity contribution is -0.140. The third-order valence-corrected chi connectivity index (χ3v) is 5.01. The van der Waals surface area contributed by atoms with Crippen LogP contribution in [0.4, 0.5) is 0 Å². The fourth-order valence-electron chi connectivity index (χ4n) is 3.35. The number of benzene rings is 1. The number of hydrogen-bond donors (Lipinski definition) is 1. The second-order valence-electron chi connectivity index (χ2n) is 6.85. The number of piperidine rings is 1. The molecule has 1 aliphatic heterocycles. The van der Waals surface area contributed by atoms with Crippen LogP contribution in [0.1, 0.15) is 48.1 Å². The zero-order chi connectivity index (χ0) is 19.4. The lowest BCUT2D eigenvalue weighted by Gasteiger charge is -2.34. The van der Waals surface area contributed by atoms with Crippen LogP contribution >= 0.6 is 0 Å². The Morgan fingerprint density at radius 1 is 1.30 bits per heavy atom. The number of carboxylic acids is 1. The van der Waals surface area contributed by atoms with Crippen molar-refractivity contribution < 1.29 is 19.4 Å². The summed E-state index contributed by atoms with van der Waals surface area (Å²) in [6.07, 6.45) is 4.52. The van der Waals surface area contributed by atoms with E-state index in [-0.39, 0.29) is 17.5 Å². The first-order valence-electron chi connectivity index (χ1n) is 9.28. The van der Waals surface area contributed by atoms with Crippen molar-refractivity contribution in [2.45, 2.75) is 45.3 Å². The van der Waals surface area contributed by atoms with Gasteiger partial charge in [-0.2, -0.15) is 5.10 Å². The molecule has 0 radical (unpaired) electrons. The van der Waals surface area contributed by atoms with Crippen LogP contribution in [-0.4, -0.2) is 50.9 Å². The Kier molecular flexibility index (Phi) is 5.78. The number of carbonyl (C=O) groups excluding carboxylic acids is 1. The van der Waals surface area contributed by atoms with Crippen molar-refractivity contribution in [1.82, 2.24) is 14.7 Å². The summed E-state index contributed by atoms with van der Waals surface area (Å²) in [7, 11) is 0. The van der Waals surface area contributed by atoms with Gasteiger partial charge in [-0.15, -0.1) is 0 Å². The molecule has 1 N–H and O–H groups in total. The van der Waals surface area contributed by atoms with Crippen LogP contribution in [0.15, 0.2) is 36.7 Å². The number of carboxylic acid groups (broad SMARTS) is 1. The molecular weight excluding hydrogens is 346 g/mol. The minimum atomic E-state index is -0.979. The zero-order valence-electron chi connectivity index (χ0n) is 15.7. The number of ether oxygens (including phenoxy) is 1. The number of nitrogens with zero attached hydrogens (tertiary/aromatic N) is 3. The van der Waals surface area contributed by atoms with E-state index < -0.39 is 12.1 Å². The van der Waals surface area contributed by atoms with E-state index in [9.17, 15) is 9.59 Å². The molecule has 1 aliphatic rings. The standard InChI is InChI=1S/C20H25N3O4/c1-3-17(27-18-7-5-4-6-14(18)2)19(24)22-10-8-16(9-11-22)23-13-15(12-21-23)20(25)26/h4-7,12-13,16-17H,3,8-11H2,1-2H3,(H,25,26). The second-order valence-corrected chi connectivity index (χ2v) is 6.85. The van der Waals surface area contributed by atoms with Crippen molar-refractivity contribution in [2.75, 3.05) is 13.1 Å². The van der Waals surface area contributed by atoms with E-state index in [1.807, 2.05) is 43.0 Å². The molecule has 0 bridgehead atoms. The highest BCUT2D eigenvalue weighted by atomic mass is 16.5. The lowest BCUT2D eigenvalue weighted by atomic mass is 10.0. The van der Waals surface area contributed by atoms with Crippen molar-refractivity contribution >= 4 is 11.9 Å². The molecule has 1 amide bonds. The maximum Gasteiger partial charge on any atom is 0.338 e. The third-order valence-electron chi connectivity index (χ3n) is 5.01. The highest BCUT2D eigenvalue weighted by Crippen LogP contribution is 2.24. The molecule has 27 heavy (non-hydrogen) atoms. The van der Waals surface area contributed by atoms with Gasteiger partial charge >= 0.3 is 5.97 Å². The Balaban J connectivity index is 1.59. The number of amides is 1. The van der Waals surface area contributed by atoms with Crippen molar-refractivity contribution in [1.29, 1.82) is 0 Å². The summed E-state index contributed by atoms with van der Waals surface area (Å²) in [6, 6.07) is 7.81. The van der Waals surface area contributed by atoms with Crippen molar-refractivity contribution in [3.8, 4) is 5.75 Å². The molecule has 2 aromatic rings. The fraction of sp³-hybridized carbons (Fsp3) is 0.450. The predicted octanol–water partition coefficient (Wildman–Crippen LogP) is 2.91. The van der Waals surface area contributed by atoms with E-state index in [1.165, 1.54) is 6.20 Å². The minimum absolute atomic E-state index is 0.00546. The van der Waals surface area contributed by atoms with Crippen LogP contribution in [0.25, 0.3) is 0 Å². The van der Waals surface area contributed by atoms with Crippen molar-refractivity contribution in [3.05, 3.63) is 47.8 Å².